The molecule has 3 heterocycles. The van der Waals surface area contributed by atoms with Crippen molar-refractivity contribution in [1.82, 2.24) is 18.9 Å². The number of carboxylic acids is 1. The lowest BCUT2D eigenvalue weighted by Gasteiger charge is -2.27. The summed E-state index contributed by atoms with van der Waals surface area (Å²) in [5.74, 6) is -1.73. The van der Waals surface area contributed by atoms with Gasteiger partial charge in [0.1, 0.15) is 0 Å². The number of hydrogen-bond donors (Lipinski definition) is 1. The normalized spacial score (nSPS) is 22.8. The Morgan fingerprint density at radius 2 is 1.89 bits per heavy atom. The summed E-state index contributed by atoms with van der Waals surface area (Å²) in [6.45, 7) is 1.86. The number of carbonyl (C=O) groups is 1. The molecule has 0 aliphatic heterocycles. The molecule has 11 heteroatoms. The van der Waals surface area contributed by atoms with Crippen LogP contribution in [0.25, 0.3) is 22.4 Å². The third-order valence-corrected chi connectivity index (χ3v) is 9.89. The van der Waals surface area contributed by atoms with Gasteiger partial charge in [0, 0.05) is 23.3 Å². The van der Waals surface area contributed by atoms with Crippen LogP contribution >= 0.6 is 11.6 Å². The van der Waals surface area contributed by atoms with Crippen LogP contribution in [0.5, 0.6) is 0 Å². The van der Waals surface area contributed by atoms with E-state index in [0.29, 0.717) is 10.9 Å². The van der Waals surface area contributed by atoms with Crippen LogP contribution in [0.3, 0.4) is 0 Å². The summed E-state index contributed by atoms with van der Waals surface area (Å²) in [4.78, 5) is 25.0. The van der Waals surface area contributed by atoms with Crippen molar-refractivity contribution in [1.29, 1.82) is 0 Å². The minimum absolute atomic E-state index is 0.0833. The van der Waals surface area contributed by atoms with E-state index < -0.39 is 27.7 Å². The average molecular weight is 555 g/mol. The lowest BCUT2D eigenvalue weighted by Crippen LogP contribution is -2.31. The first-order chi connectivity index (χ1) is 18.1. The molecule has 0 radical (unpaired) electrons. The molecule has 196 valence electrons. The van der Waals surface area contributed by atoms with Gasteiger partial charge in [-0.3, -0.25) is 4.79 Å². The van der Waals surface area contributed by atoms with Crippen molar-refractivity contribution >= 4 is 38.6 Å². The van der Waals surface area contributed by atoms with Crippen molar-refractivity contribution in [2.24, 2.45) is 23.7 Å². The quantitative estimate of drug-likeness (QED) is 0.352. The molecule has 0 spiro atoms. The molecule has 6 rings (SSSR count). The monoisotopic (exact) mass is 554 g/mol. The van der Waals surface area contributed by atoms with Gasteiger partial charge in [0.25, 0.3) is 10.0 Å². The van der Waals surface area contributed by atoms with Crippen LogP contribution in [0.2, 0.25) is 5.02 Å². The van der Waals surface area contributed by atoms with Gasteiger partial charge in [0.05, 0.1) is 27.7 Å². The van der Waals surface area contributed by atoms with Crippen LogP contribution in [-0.2, 0) is 21.2 Å². The maximum atomic E-state index is 14.9. The van der Waals surface area contributed by atoms with E-state index in [1.54, 1.807) is 18.2 Å². The number of pyridine rings is 1. The number of rotatable bonds is 6. The predicted octanol–water partition coefficient (Wildman–Crippen LogP) is 5.12. The van der Waals surface area contributed by atoms with E-state index in [-0.39, 0.29) is 51.3 Å². The topological polar surface area (TPSA) is 115 Å². The van der Waals surface area contributed by atoms with Gasteiger partial charge in [-0.25, -0.2) is 31.7 Å². The van der Waals surface area contributed by atoms with Gasteiger partial charge in [-0.05, 0) is 68.6 Å². The van der Waals surface area contributed by atoms with E-state index in [0.717, 1.165) is 35.0 Å². The molecule has 2 aliphatic rings. The molecule has 8 nitrogen and oxygen atoms in total. The smallest absolute Gasteiger partial charge is 0.307 e. The molecule has 2 aliphatic carbocycles. The molecule has 1 N–H and O–H groups in total. The second-order valence-corrected chi connectivity index (χ2v) is 12.5. The Bertz CT molecular complexity index is 1690. The Morgan fingerprint density at radius 1 is 1.16 bits per heavy atom. The molecular formula is C27H24ClFN4O4S. The number of fused-ring (bicyclic) bond motifs is 3. The lowest BCUT2D eigenvalue weighted by atomic mass is 9.77. The molecule has 2 fully saturated rings. The van der Waals surface area contributed by atoms with Crippen LogP contribution in [-0.4, -0.2) is 38.4 Å². The number of aromatic nitrogens is 4. The number of benzene rings is 1. The Kier molecular flexibility index (Phi) is 5.99. The highest BCUT2D eigenvalue weighted by molar-refractivity contribution is 7.90. The van der Waals surface area contributed by atoms with Crippen molar-refractivity contribution in [2.45, 2.75) is 37.5 Å². The Balaban J connectivity index is 1.44. The molecule has 38 heavy (non-hydrogen) atoms. The number of aryl methyl sites for hydroxylation is 1. The largest absolute Gasteiger partial charge is 0.481 e. The summed E-state index contributed by atoms with van der Waals surface area (Å²) in [6.07, 6.45) is 6.63. The first kappa shape index (κ1) is 24.9. The highest BCUT2D eigenvalue weighted by Crippen LogP contribution is 2.53. The van der Waals surface area contributed by atoms with E-state index in [9.17, 15) is 22.7 Å². The molecule has 4 atom stereocenters. The number of hydrogen-bond acceptors (Lipinski definition) is 6. The SMILES string of the molecule is Cc1ccc(S(=O)(=O)n2cc(-c3ncc(F)c(CC4[C@H]5CCC(C5)[C@H]4C(=O)O)n3)c3cc(Cl)cnc32)cc1. The van der Waals surface area contributed by atoms with Crippen LogP contribution in [0.1, 0.15) is 30.5 Å². The number of halogens is 2. The number of aliphatic carboxylic acids is 1. The van der Waals surface area contributed by atoms with E-state index in [4.69, 9.17) is 11.6 Å². The zero-order chi connectivity index (χ0) is 26.8. The highest BCUT2D eigenvalue weighted by Gasteiger charge is 2.51. The standard InChI is InChI=1S/C27H24ClFN4O4S/c1-14-2-6-18(7-3-14)38(36,37)33-13-21(20-9-17(28)11-31-26(20)33)25-30-12-22(29)23(32-25)10-19-15-4-5-16(8-15)24(19)27(34)35/h2-3,6-7,9,11-13,15-16,19,24H,4-5,8,10H2,1H3,(H,34,35)/t15-,16?,19?,24+/m0/s1. The van der Waals surface area contributed by atoms with Crippen LogP contribution in [0.15, 0.2) is 53.8 Å². The molecule has 0 saturated heterocycles. The highest BCUT2D eigenvalue weighted by atomic mass is 35.5. The third kappa shape index (κ3) is 4.06. The Morgan fingerprint density at radius 3 is 2.63 bits per heavy atom. The van der Waals surface area contributed by atoms with Gasteiger partial charge in [0.15, 0.2) is 17.3 Å². The Hall–Kier alpha value is -3.37. The third-order valence-electron chi connectivity index (χ3n) is 8.02. The summed E-state index contributed by atoms with van der Waals surface area (Å²) >= 11 is 6.21. The van der Waals surface area contributed by atoms with Gasteiger partial charge in [-0.2, -0.15) is 0 Å². The summed E-state index contributed by atoms with van der Waals surface area (Å²) in [5.41, 5.74) is 1.50. The fourth-order valence-corrected chi connectivity index (χ4v) is 7.71. The molecular weight excluding hydrogens is 531 g/mol. The summed E-state index contributed by atoms with van der Waals surface area (Å²) in [6, 6.07) is 8.03. The van der Waals surface area contributed by atoms with Crippen LogP contribution in [0, 0.1) is 36.4 Å². The van der Waals surface area contributed by atoms with Gasteiger partial charge in [-0.1, -0.05) is 29.3 Å². The maximum absolute atomic E-state index is 14.9. The minimum Gasteiger partial charge on any atom is -0.481 e. The van der Waals surface area contributed by atoms with Crippen molar-refractivity contribution in [3.05, 3.63) is 71.0 Å². The van der Waals surface area contributed by atoms with Crippen LogP contribution in [0.4, 0.5) is 4.39 Å². The summed E-state index contributed by atoms with van der Waals surface area (Å²) in [5, 5.41) is 10.5. The van der Waals surface area contributed by atoms with Gasteiger partial charge in [-0.15, -0.1) is 0 Å². The van der Waals surface area contributed by atoms with E-state index in [1.165, 1.54) is 24.5 Å². The summed E-state index contributed by atoms with van der Waals surface area (Å²) in [7, 11) is -4.03. The first-order valence-corrected chi connectivity index (χ1v) is 14.2. The molecule has 4 aromatic rings. The maximum Gasteiger partial charge on any atom is 0.307 e. The molecule has 2 saturated carbocycles. The summed E-state index contributed by atoms with van der Waals surface area (Å²) < 4.78 is 43.1. The molecule has 2 unspecified atom stereocenters. The van der Waals surface area contributed by atoms with E-state index >= 15 is 0 Å². The zero-order valence-corrected chi connectivity index (χ0v) is 22.0. The predicted molar refractivity (Wildman–Crippen MR) is 139 cm³/mol. The molecule has 0 amide bonds. The second kappa shape index (κ2) is 9.13. The number of nitrogens with zero attached hydrogens (tertiary/aromatic N) is 4. The second-order valence-electron chi connectivity index (χ2n) is 10.2. The average Bonchev–Trinajstić information content (AvgIpc) is 3.59. The van der Waals surface area contributed by atoms with E-state index in [1.807, 2.05) is 6.92 Å². The Labute approximate surface area is 223 Å². The zero-order valence-electron chi connectivity index (χ0n) is 20.4. The van der Waals surface area contributed by atoms with Gasteiger partial charge in [0.2, 0.25) is 0 Å². The molecule has 1 aromatic carbocycles. The van der Waals surface area contributed by atoms with Crippen molar-refractivity contribution in [3.8, 4) is 11.4 Å². The van der Waals surface area contributed by atoms with E-state index in [2.05, 4.69) is 15.0 Å². The van der Waals surface area contributed by atoms with Crippen LogP contribution < -0.4 is 0 Å². The molecule has 2 bridgehead atoms. The molecule has 3 aromatic heterocycles. The van der Waals surface area contributed by atoms with Gasteiger partial charge >= 0.3 is 5.97 Å². The minimum atomic E-state index is -4.03. The van der Waals surface area contributed by atoms with Crippen molar-refractivity contribution in [3.63, 3.8) is 0 Å². The van der Waals surface area contributed by atoms with Crippen molar-refractivity contribution < 1.29 is 22.7 Å². The first-order valence-electron chi connectivity index (χ1n) is 12.4. The lowest BCUT2D eigenvalue weighted by molar-refractivity contribution is -0.145. The van der Waals surface area contributed by atoms with Gasteiger partial charge < -0.3 is 5.11 Å². The number of carboxylic acid groups (broad SMARTS) is 1. The fraction of sp³-hybridized carbons (Fsp3) is 0.333. The fourth-order valence-electron chi connectivity index (χ4n) is 6.23. The van der Waals surface area contributed by atoms with Crippen molar-refractivity contribution in [2.75, 3.05) is 0 Å².